The maximum atomic E-state index is 5.95. The van der Waals surface area contributed by atoms with Crippen LogP contribution in [0.15, 0.2) is 18.2 Å². The Morgan fingerprint density at radius 1 is 1.41 bits per heavy atom. The van der Waals surface area contributed by atoms with Crippen LogP contribution in [0.3, 0.4) is 0 Å². The van der Waals surface area contributed by atoms with Crippen LogP contribution >= 0.6 is 11.6 Å². The largest absolute Gasteiger partial charge is 0.493 e. The molecule has 94 valence electrons. The zero-order valence-electron chi connectivity index (χ0n) is 10.3. The van der Waals surface area contributed by atoms with E-state index >= 15 is 0 Å². The highest BCUT2D eigenvalue weighted by atomic mass is 35.5. The van der Waals surface area contributed by atoms with Crippen molar-refractivity contribution >= 4 is 11.6 Å². The lowest BCUT2D eigenvalue weighted by Crippen LogP contribution is -2.35. The topological polar surface area (TPSA) is 21.3 Å². The minimum absolute atomic E-state index is 0.628. The van der Waals surface area contributed by atoms with E-state index in [1.807, 2.05) is 25.1 Å². The standard InChI is InChI=1S/C14H20ClNO/c1-11-5-6-12(15)10-14(11)17-9-7-13-4-2-3-8-16-13/h5-6,10,13,16H,2-4,7-9H2,1H3. The van der Waals surface area contributed by atoms with Crippen LogP contribution in [0.5, 0.6) is 5.75 Å². The van der Waals surface area contributed by atoms with Crippen molar-refractivity contribution in [3.8, 4) is 5.75 Å². The molecule has 1 fully saturated rings. The van der Waals surface area contributed by atoms with Crippen LogP contribution in [0.4, 0.5) is 0 Å². The quantitative estimate of drug-likeness (QED) is 0.886. The average molecular weight is 254 g/mol. The third-order valence-corrected chi connectivity index (χ3v) is 3.52. The highest BCUT2D eigenvalue weighted by Crippen LogP contribution is 2.23. The fourth-order valence-corrected chi connectivity index (χ4v) is 2.37. The monoisotopic (exact) mass is 253 g/mol. The van der Waals surface area contributed by atoms with Crippen LogP contribution in [0.25, 0.3) is 0 Å². The van der Waals surface area contributed by atoms with E-state index in [4.69, 9.17) is 16.3 Å². The molecule has 17 heavy (non-hydrogen) atoms. The Balaban J connectivity index is 1.79. The van der Waals surface area contributed by atoms with Crippen LogP contribution in [0.2, 0.25) is 5.02 Å². The minimum Gasteiger partial charge on any atom is -0.493 e. The lowest BCUT2D eigenvalue weighted by atomic mass is 10.0. The molecule has 1 aromatic rings. The van der Waals surface area contributed by atoms with E-state index in [0.717, 1.165) is 35.9 Å². The fraction of sp³-hybridized carbons (Fsp3) is 0.571. The van der Waals surface area contributed by atoms with Crippen molar-refractivity contribution in [1.82, 2.24) is 5.32 Å². The second kappa shape index (κ2) is 6.27. The molecule has 2 nitrogen and oxygen atoms in total. The molecule has 1 atom stereocenters. The zero-order valence-corrected chi connectivity index (χ0v) is 11.1. The van der Waals surface area contributed by atoms with E-state index < -0.39 is 0 Å². The van der Waals surface area contributed by atoms with Gasteiger partial charge in [-0.05, 0) is 50.4 Å². The highest BCUT2D eigenvalue weighted by Gasteiger charge is 2.12. The molecule has 1 heterocycles. The van der Waals surface area contributed by atoms with E-state index in [9.17, 15) is 0 Å². The predicted molar refractivity (Wildman–Crippen MR) is 71.9 cm³/mol. The van der Waals surface area contributed by atoms with Crippen molar-refractivity contribution in [3.05, 3.63) is 28.8 Å². The summed E-state index contributed by atoms with van der Waals surface area (Å²) in [6, 6.07) is 6.41. The van der Waals surface area contributed by atoms with E-state index in [2.05, 4.69) is 5.32 Å². The molecule has 1 aliphatic rings. The summed E-state index contributed by atoms with van der Waals surface area (Å²) in [5, 5.41) is 4.26. The van der Waals surface area contributed by atoms with Crippen molar-refractivity contribution in [2.45, 2.75) is 38.6 Å². The molecule has 0 radical (unpaired) electrons. The van der Waals surface area contributed by atoms with Crippen LogP contribution in [-0.4, -0.2) is 19.2 Å². The number of benzene rings is 1. The van der Waals surface area contributed by atoms with E-state index in [1.165, 1.54) is 19.3 Å². The molecule has 0 bridgehead atoms. The number of rotatable bonds is 4. The molecule has 0 aliphatic carbocycles. The van der Waals surface area contributed by atoms with Crippen molar-refractivity contribution in [2.75, 3.05) is 13.2 Å². The molecule has 0 aromatic heterocycles. The third-order valence-electron chi connectivity index (χ3n) is 3.29. The Hall–Kier alpha value is -0.730. The van der Waals surface area contributed by atoms with Crippen LogP contribution in [0, 0.1) is 6.92 Å². The van der Waals surface area contributed by atoms with Gasteiger partial charge in [-0.2, -0.15) is 0 Å². The van der Waals surface area contributed by atoms with Crippen molar-refractivity contribution in [1.29, 1.82) is 0 Å². The van der Waals surface area contributed by atoms with Gasteiger partial charge in [0.2, 0.25) is 0 Å². The lowest BCUT2D eigenvalue weighted by Gasteiger charge is -2.23. The molecule has 1 unspecified atom stereocenters. The number of ether oxygens (including phenoxy) is 1. The summed E-state index contributed by atoms with van der Waals surface area (Å²) in [5.74, 6) is 0.910. The summed E-state index contributed by atoms with van der Waals surface area (Å²) in [6.45, 7) is 3.96. The Labute approximate surface area is 108 Å². The van der Waals surface area contributed by atoms with E-state index in [0.29, 0.717) is 6.04 Å². The molecule has 1 saturated heterocycles. The first-order valence-electron chi connectivity index (χ1n) is 6.38. The molecule has 1 N–H and O–H groups in total. The van der Waals surface area contributed by atoms with Gasteiger partial charge >= 0.3 is 0 Å². The van der Waals surface area contributed by atoms with Gasteiger partial charge in [0.1, 0.15) is 5.75 Å². The zero-order chi connectivity index (χ0) is 12.1. The van der Waals surface area contributed by atoms with Gasteiger partial charge in [0, 0.05) is 11.1 Å². The van der Waals surface area contributed by atoms with Gasteiger partial charge in [-0.3, -0.25) is 0 Å². The van der Waals surface area contributed by atoms with Gasteiger partial charge in [0.05, 0.1) is 6.61 Å². The maximum Gasteiger partial charge on any atom is 0.123 e. The van der Waals surface area contributed by atoms with Crippen LogP contribution in [0.1, 0.15) is 31.2 Å². The maximum absolute atomic E-state index is 5.95. The summed E-state index contributed by atoms with van der Waals surface area (Å²) in [5.41, 5.74) is 1.14. The highest BCUT2D eigenvalue weighted by molar-refractivity contribution is 6.30. The second-order valence-corrected chi connectivity index (χ2v) is 5.13. The molecular formula is C14H20ClNO. The number of hydrogen-bond donors (Lipinski definition) is 1. The molecule has 0 spiro atoms. The SMILES string of the molecule is Cc1ccc(Cl)cc1OCCC1CCCCN1. The first kappa shape index (κ1) is 12.7. The third kappa shape index (κ3) is 3.90. The van der Waals surface area contributed by atoms with Gasteiger partial charge in [-0.25, -0.2) is 0 Å². The molecule has 2 rings (SSSR count). The van der Waals surface area contributed by atoms with Gasteiger partial charge in [0.15, 0.2) is 0 Å². The summed E-state index contributed by atoms with van der Waals surface area (Å²) in [6.07, 6.45) is 5.00. The number of hydrogen-bond acceptors (Lipinski definition) is 2. The normalized spacial score (nSPS) is 20.2. The summed E-state index contributed by atoms with van der Waals surface area (Å²) in [4.78, 5) is 0. The van der Waals surface area contributed by atoms with Gasteiger partial charge < -0.3 is 10.1 Å². The fourth-order valence-electron chi connectivity index (χ4n) is 2.21. The predicted octanol–water partition coefficient (Wildman–Crippen LogP) is 3.56. The summed E-state index contributed by atoms with van der Waals surface area (Å²) >= 11 is 5.95. The number of nitrogens with one attached hydrogen (secondary N) is 1. The Morgan fingerprint density at radius 2 is 2.29 bits per heavy atom. The molecule has 0 amide bonds. The Bertz CT molecular complexity index is 361. The second-order valence-electron chi connectivity index (χ2n) is 4.69. The summed E-state index contributed by atoms with van der Waals surface area (Å²) in [7, 11) is 0. The van der Waals surface area contributed by atoms with Gasteiger partial charge in [0.25, 0.3) is 0 Å². The molecule has 1 aromatic carbocycles. The smallest absolute Gasteiger partial charge is 0.123 e. The van der Waals surface area contributed by atoms with Crippen molar-refractivity contribution in [3.63, 3.8) is 0 Å². The Kier molecular flexibility index (Phi) is 4.69. The van der Waals surface area contributed by atoms with E-state index in [-0.39, 0.29) is 0 Å². The number of piperidine rings is 1. The van der Waals surface area contributed by atoms with Crippen molar-refractivity contribution in [2.24, 2.45) is 0 Å². The van der Waals surface area contributed by atoms with Gasteiger partial charge in [-0.1, -0.05) is 24.1 Å². The van der Waals surface area contributed by atoms with Crippen LogP contribution < -0.4 is 10.1 Å². The first-order chi connectivity index (χ1) is 8.25. The summed E-state index contributed by atoms with van der Waals surface area (Å²) < 4.78 is 5.80. The molecule has 3 heteroatoms. The molecule has 1 aliphatic heterocycles. The number of halogens is 1. The first-order valence-corrected chi connectivity index (χ1v) is 6.76. The van der Waals surface area contributed by atoms with Crippen molar-refractivity contribution < 1.29 is 4.74 Å². The Morgan fingerprint density at radius 3 is 3.06 bits per heavy atom. The minimum atomic E-state index is 0.628. The van der Waals surface area contributed by atoms with Gasteiger partial charge in [-0.15, -0.1) is 0 Å². The van der Waals surface area contributed by atoms with E-state index in [1.54, 1.807) is 0 Å². The lowest BCUT2D eigenvalue weighted by molar-refractivity contribution is 0.267. The van der Waals surface area contributed by atoms with Crippen LogP contribution in [-0.2, 0) is 0 Å². The average Bonchev–Trinajstić information content (AvgIpc) is 2.35. The number of aryl methyl sites for hydroxylation is 1. The molecular weight excluding hydrogens is 234 g/mol. The molecule has 0 saturated carbocycles.